The molecule has 1 aromatic heterocycles. The summed E-state index contributed by atoms with van der Waals surface area (Å²) in [5, 5.41) is 3.47. The largest absolute Gasteiger partial charge is 0.350 e. The Labute approximate surface area is 131 Å². The van der Waals surface area contributed by atoms with Crippen molar-refractivity contribution in [2.24, 2.45) is 5.41 Å². The summed E-state index contributed by atoms with van der Waals surface area (Å²) in [7, 11) is 0. The van der Waals surface area contributed by atoms with Gasteiger partial charge < -0.3 is 5.32 Å². The van der Waals surface area contributed by atoms with Crippen LogP contribution >= 0.6 is 23.2 Å². The number of halogens is 2. The smallest absolute Gasteiger partial charge is 0.271 e. The molecule has 0 saturated heterocycles. The molecule has 3 nitrogen and oxygen atoms in total. The number of hydrogen-bond donors (Lipinski definition) is 1. The van der Waals surface area contributed by atoms with Crippen LogP contribution in [0.2, 0.25) is 10.2 Å². The number of nitrogens with zero attached hydrogens (tertiary/aromatic N) is 1. The van der Waals surface area contributed by atoms with E-state index < -0.39 is 0 Å². The molecule has 0 radical (unpaired) electrons. The summed E-state index contributed by atoms with van der Waals surface area (Å²) in [6.07, 6.45) is 4.68. The fourth-order valence-electron chi connectivity index (χ4n) is 1.92. The molecular weight excluding hydrogens is 295 g/mol. The first kappa shape index (κ1) is 17.3. The molecule has 0 unspecified atom stereocenters. The fraction of sp³-hybridized carbons (Fsp3) is 0.600. The van der Waals surface area contributed by atoms with Crippen LogP contribution in [-0.4, -0.2) is 17.4 Å². The minimum Gasteiger partial charge on any atom is -0.350 e. The first-order valence-corrected chi connectivity index (χ1v) is 7.71. The number of nitrogens with one attached hydrogen (secondary N) is 1. The van der Waals surface area contributed by atoms with E-state index >= 15 is 0 Å². The molecule has 1 heterocycles. The number of unbranched alkanes of at least 4 members (excludes halogenated alkanes) is 2. The molecule has 0 saturated carbocycles. The minimum atomic E-state index is -0.277. The third-order valence-corrected chi connectivity index (χ3v) is 3.73. The SMILES string of the molecule is CCCCCC(C)(C)CNC(=O)c1nc(Cl)ccc1Cl. The van der Waals surface area contributed by atoms with Crippen molar-refractivity contribution in [1.82, 2.24) is 10.3 Å². The molecule has 20 heavy (non-hydrogen) atoms. The van der Waals surface area contributed by atoms with Gasteiger partial charge in [0.1, 0.15) is 10.8 Å². The molecule has 0 fully saturated rings. The summed E-state index contributed by atoms with van der Waals surface area (Å²) in [4.78, 5) is 16.0. The summed E-state index contributed by atoms with van der Waals surface area (Å²) in [6.45, 7) is 7.08. The maximum absolute atomic E-state index is 12.1. The molecule has 0 spiro atoms. The summed E-state index contributed by atoms with van der Waals surface area (Å²) >= 11 is 11.7. The molecule has 0 aliphatic heterocycles. The lowest BCUT2D eigenvalue weighted by molar-refractivity contribution is 0.0929. The van der Waals surface area contributed by atoms with Crippen molar-refractivity contribution < 1.29 is 4.79 Å². The molecule has 1 N–H and O–H groups in total. The third kappa shape index (κ3) is 5.68. The van der Waals surface area contributed by atoms with E-state index in [1.54, 1.807) is 12.1 Å². The van der Waals surface area contributed by atoms with Crippen molar-refractivity contribution in [2.45, 2.75) is 46.5 Å². The lowest BCUT2D eigenvalue weighted by atomic mass is 9.87. The number of amides is 1. The van der Waals surface area contributed by atoms with Gasteiger partial charge in [0.05, 0.1) is 5.02 Å². The second-order valence-electron chi connectivity index (χ2n) is 5.77. The lowest BCUT2D eigenvalue weighted by Gasteiger charge is -2.24. The van der Waals surface area contributed by atoms with Crippen LogP contribution in [0.15, 0.2) is 12.1 Å². The van der Waals surface area contributed by atoms with E-state index in [1.165, 1.54) is 19.3 Å². The van der Waals surface area contributed by atoms with Crippen molar-refractivity contribution in [3.8, 4) is 0 Å². The second-order valence-corrected chi connectivity index (χ2v) is 6.56. The monoisotopic (exact) mass is 316 g/mol. The molecule has 1 rings (SSSR count). The van der Waals surface area contributed by atoms with Gasteiger partial charge >= 0.3 is 0 Å². The molecule has 112 valence electrons. The van der Waals surface area contributed by atoms with E-state index in [0.717, 1.165) is 6.42 Å². The standard InChI is InChI=1S/C15H22Cl2N2O/c1-4-5-6-9-15(2,3)10-18-14(20)13-11(16)7-8-12(17)19-13/h7-8H,4-6,9-10H2,1-3H3,(H,18,20). The number of pyridine rings is 1. The normalized spacial score (nSPS) is 11.4. The predicted octanol–water partition coefficient (Wildman–Crippen LogP) is 4.72. The molecular formula is C15H22Cl2N2O. The Morgan fingerprint density at radius 3 is 2.65 bits per heavy atom. The van der Waals surface area contributed by atoms with Crippen molar-refractivity contribution in [3.63, 3.8) is 0 Å². The van der Waals surface area contributed by atoms with Crippen LogP contribution in [0.4, 0.5) is 0 Å². The number of hydrogen-bond acceptors (Lipinski definition) is 2. The zero-order chi connectivity index (χ0) is 15.2. The van der Waals surface area contributed by atoms with Gasteiger partial charge in [-0.05, 0) is 24.0 Å². The van der Waals surface area contributed by atoms with E-state index in [1.807, 2.05) is 0 Å². The van der Waals surface area contributed by atoms with Crippen LogP contribution in [0, 0.1) is 5.41 Å². The Kier molecular flexibility index (Phi) is 6.77. The van der Waals surface area contributed by atoms with Crippen molar-refractivity contribution >= 4 is 29.1 Å². The Morgan fingerprint density at radius 1 is 1.30 bits per heavy atom. The quantitative estimate of drug-likeness (QED) is 0.584. The average molecular weight is 317 g/mol. The Morgan fingerprint density at radius 2 is 2.00 bits per heavy atom. The molecule has 1 amide bonds. The number of carbonyl (C=O) groups is 1. The van der Waals surface area contributed by atoms with Crippen molar-refractivity contribution in [3.05, 3.63) is 28.0 Å². The molecule has 0 bridgehead atoms. The van der Waals surface area contributed by atoms with Gasteiger partial charge in [0.2, 0.25) is 0 Å². The van der Waals surface area contributed by atoms with Gasteiger partial charge in [0.25, 0.3) is 5.91 Å². The molecule has 0 atom stereocenters. The van der Waals surface area contributed by atoms with Gasteiger partial charge in [-0.2, -0.15) is 0 Å². The van der Waals surface area contributed by atoms with Crippen LogP contribution in [0.25, 0.3) is 0 Å². The first-order chi connectivity index (χ1) is 9.35. The van der Waals surface area contributed by atoms with Gasteiger partial charge in [-0.1, -0.05) is 63.2 Å². The molecule has 0 aliphatic rings. The van der Waals surface area contributed by atoms with Crippen molar-refractivity contribution in [2.75, 3.05) is 6.54 Å². The van der Waals surface area contributed by atoms with Gasteiger partial charge in [0, 0.05) is 6.54 Å². The first-order valence-electron chi connectivity index (χ1n) is 6.96. The molecule has 0 aromatic carbocycles. The maximum atomic E-state index is 12.1. The van der Waals surface area contributed by atoms with E-state index in [2.05, 4.69) is 31.1 Å². The highest BCUT2D eigenvalue weighted by Crippen LogP contribution is 2.23. The van der Waals surface area contributed by atoms with Crippen LogP contribution in [-0.2, 0) is 0 Å². The Hall–Kier alpha value is -0.800. The highest BCUT2D eigenvalue weighted by atomic mass is 35.5. The summed E-state index contributed by atoms with van der Waals surface area (Å²) in [5.74, 6) is -0.277. The Bertz CT molecular complexity index is 461. The van der Waals surface area contributed by atoms with Crippen LogP contribution in [0.1, 0.15) is 56.9 Å². The number of rotatable bonds is 7. The predicted molar refractivity (Wildman–Crippen MR) is 84.5 cm³/mol. The molecule has 5 heteroatoms. The zero-order valence-corrected chi connectivity index (χ0v) is 13.8. The maximum Gasteiger partial charge on any atom is 0.271 e. The van der Waals surface area contributed by atoms with Crippen LogP contribution < -0.4 is 5.32 Å². The number of aromatic nitrogens is 1. The van der Waals surface area contributed by atoms with Gasteiger partial charge in [-0.3, -0.25) is 4.79 Å². The summed E-state index contributed by atoms with van der Waals surface area (Å²) in [6, 6.07) is 3.15. The van der Waals surface area contributed by atoms with Crippen LogP contribution in [0.3, 0.4) is 0 Å². The van der Waals surface area contributed by atoms with E-state index in [0.29, 0.717) is 11.6 Å². The summed E-state index contributed by atoms with van der Waals surface area (Å²) in [5.41, 5.74) is 0.249. The van der Waals surface area contributed by atoms with Crippen molar-refractivity contribution in [1.29, 1.82) is 0 Å². The molecule has 1 aromatic rings. The highest BCUT2D eigenvalue weighted by Gasteiger charge is 2.20. The van der Waals surface area contributed by atoms with Gasteiger partial charge in [0.15, 0.2) is 0 Å². The topological polar surface area (TPSA) is 42.0 Å². The van der Waals surface area contributed by atoms with Gasteiger partial charge in [-0.15, -0.1) is 0 Å². The van der Waals surface area contributed by atoms with Gasteiger partial charge in [-0.25, -0.2) is 4.98 Å². The third-order valence-electron chi connectivity index (χ3n) is 3.21. The molecule has 0 aliphatic carbocycles. The minimum absolute atomic E-state index is 0.0654. The highest BCUT2D eigenvalue weighted by molar-refractivity contribution is 6.34. The van der Waals surface area contributed by atoms with E-state index in [-0.39, 0.29) is 22.2 Å². The second kappa shape index (κ2) is 7.84. The lowest BCUT2D eigenvalue weighted by Crippen LogP contribution is -2.34. The average Bonchev–Trinajstić information content (AvgIpc) is 2.39. The number of carbonyl (C=O) groups excluding carboxylic acids is 1. The summed E-state index contributed by atoms with van der Waals surface area (Å²) < 4.78 is 0. The van der Waals surface area contributed by atoms with E-state index in [4.69, 9.17) is 23.2 Å². The zero-order valence-electron chi connectivity index (χ0n) is 12.3. The Balaban J connectivity index is 2.56. The van der Waals surface area contributed by atoms with Crippen LogP contribution in [0.5, 0.6) is 0 Å². The fourth-order valence-corrected chi connectivity index (χ4v) is 2.26. The van der Waals surface area contributed by atoms with E-state index in [9.17, 15) is 4.79 Å².